The number of hydrogen-bond acceptors (Lipinski definition) is 5. The van der Waals surface area contributed by atoms with Crippen LogP contribution in [-0.4, -0.2) is 28.5 Å². The van der Waals surface area contributed by atoms with Crippen molar-refractivity contribution in [3.05, 3.63) is 71.5 Å². The van der Waals surface area contributed by atoms with Gasteiger partial charge in [0.05, 0.1) is 28.3 Å². The molecule has 3 rings (SSSR count). The molecule has 0 unspecified atom stereocenters. The number of rotatable bonds is 6. The minimum absolute atomic E-state index is 0.0652. The Kier molecular flexibility index (Phi) is 5.40. The maximum absolute atomic E-state index is 12.5. The summed E-state index contributed by atoms with van der Waals surface area (Å²) >= 11 is 1.19. The number of esters is 1. The molecule has 0 aliphatic rings. The molecule has 3 aromatic rings. The molecule has 0 amide bonds. The minimum Gasteiger partial charge on any atom is -0.461 e. The summed E-state index contributed by atoms with van der Waals surface area (Å²) in [5.74, 6) is -0.448. The number of thioether (sulfide) groups is 1. The van der Waals surface area contributed by atoms with Gasteiger partial charge in [-0.05, 0) is 19.1 Å². The van der Waals surface area contributed by atoms with Crippen molar-refractivity contribution in [2.24, 2.45) is 0 Å². The van der Waals surface area contributed by atoms with Crippen LogP contribution in [0.5, 0.6) is 0 Å². The second kappa shape index (κ2) is 7.89. The maximum atomic E-state index is 12.5. The van der Waals surface area contributed by atoms with Crippen LogP contribution in [0.4, 0.5) is 0 Å². The number of nitrogens with zero attached hydrogens (tertiary/aromatic N) is 2. The van der Waals surface area contributed by atoms with Crippen LogP contribution in [0, 0.1) is 11.3 Å². The predicted molar refractivity (Wildman–Crippen MR) is 99.6 cm³/mol. The lowest BCUT2D eigenvalue weighted by Gasteiger charge is -2.06. The Morgan fingerprint density at radius 2 is 1.88 bits per heavy atom. The molecule has 0 radical (unpaired) electrons. The molecular weight excluding hydrogens is 348 g/mol. The fourth-order valence-electron chi connectivity index (χ4n) is 2.67. The van der Waals surface area contributed by atoms with Gasteiger partial charge in [0, 0.05) is 11.8 Å². The van der Waals surface area contributed by atoms with Crippen molar-refractivity contribution in [3.63, 3.8) is 0 Å². The van der Waals surface area contributed by atoms with E-state index in [1.807, 2.05) is 6.07 Å². The topological polar surface area (TPSA) is 71.6 Å². The van der Waals surface area contributed by atoms with Crippen molar-refractivity contribution in [2.75, 3.05) is 12.4 Å². The number of fused-ring (bicyclic) bond motifs is 1. The standard InChI is InChI=1S/C20H16N2O3S/c1-2-25-20(24)18-19(15(12-21)16-10-6-7-11-22(16)18)26-13-17(23)14-8-4-3-5-9-14/h3-11H,2,13H2,1H3. The molecule has 0 fully saturated rings. The molecule has 1 aromatic carbocycles. The van der Waals surface area contributed by atoms with E-state index in [-0.39, 0.29) is 23.8 Å². The Balaban J connectivity index is 2.01. The van der Waals surface area contributed by atoms with Crippen molar-refractivity contribution in [3.8, 4) is 6.07 Å². The van der Waals surface area contributed by atoms with Crippen LogP contribution in [0.15, 0.2) is 59.6 Å². The van der Waals surface area contributed by atoms with Crippen LogP contribution in [0.25, 0.3) is 5.52 Å². The average Bonchev–Trinajstić information content (AvgIpc) is 3.00. The molecule has 0 spiro atoms. The Morgan fingerprint density at radius 1 is 1.15 bits per heavy atom. The van der Waals surface area contributed by atoms with E-state index in [1.165, 1.54) is 11.8 Å². The van der Waals surface area contributed by atoms with Gasteiger partial charge in [0.2, 0.25) is 0 Å². The van der Waals surface area contributed by atoms with Gasteiger partial charge in [0.1, 0.15) is 11.8 Å². The van der Waals surface area contributed by atoms with Crippen molar-refractivity contribution in [1.82, 2.24) is 4.40 Å². The average molecular weight is 364 g/mol. The lowest BCUT2D eigenvalue weighted by atomic mass is 10.2. The van der Waals surface area contributed by atoms with Gasteiger partial charge >= 0.3 is 5.97 Å². The van der Waals surface area contributed by atoms with E-state index in [2.05, 4.69) is 6.07 Å². The maximum Gasteiger partial charge on any atom is 0.356 e. The van der Waals surface area contributed by atoms with Gasteiger partial charge < -0.3 is 9.14 Å². The van der Waals surface area contributed by atoms with E-state index in [1.54, 1.807) is 60.0 Å². The summed E-state index contributed by atoms with van der Waals surface area (Å²) in [4.78, 5) is 25.4. The summed E-state index contributed by atoms with van der Waals surface area (Å²) in [6, 6.07) is 16.4. The van der Waals surface area contributed by atoms with Crippen LogP contribution in [0.2, 0.25) is 0 Å². The van der Waals surface area contributed by atoms with Gasteiger partial charge in [0.15, 0.2) is 5.78 Å². The highest BCUT2D eigenvalue weighted by Gasteiger charge is 2.25. The molecule has 5 nitrogen and oxygen atoms in total. The second-order valence-electron chi connectivity index (χ2n) is 5.42. The van der Waals surface area contributed by atoms with E-state index < -0.39 is 5.97 Å². The molecule has 0 aliphatic heterocycles. The zero-order valence-corrected chi connectivity index (χ0v) is 15.0. The SMILES string of the molecule is CCOC(=O)c1c(SCC(=O)c2ccccc2)c(C#N)c2ccccn12. The van der Waals surface area contributed by atoms with Crippen molar-refractivity contribution in [1.29, 1.82) is 5.26 Å². The van der Waals surface area contributed by atoms with Gasteiger partial charge in [-0.3, -0.25) is 4.79 Å². The monoisotopic (exact) mass is 364 g/mol. The summed E-state index contributed by atoms with van der Waals surface area (Å²) in [7, 11) is 0. The lowest BCUT2D eigenvalue weighted by molar-refractivity contribution is 0.0514. The zero-order valence-electron chi connectivity index (χ0n) is 14.1. The first kappa shape index (κ1) is 17.8. The number of hydrogen-bond donors (Lipinski definition) is 0. The normalized spacial score (nSPS) is 10.5. The number of carbonyl (C=O) groups excluding carboxylic acids is 2. The summed E-state index contributed by atoms with van der Waals surface area (Å²) in [5, 5.41) is 9.61. The number of pyridine rings is 1. The van der Waals surface area contributed by atoms with Gasteiger partial charge in [0.25, 0.3) is 0 Å². The number of nitriles is 1. The Morgan fingerprint density at radius 3 is 2.58 bits per heavy atom. The summed E-state index contributed by atoms with van der Waals surface area (Å²) in [6.07, 6.45) is 1.71. The Hall–Kier alpha value is -3.04. The molecule has 2 aromatic heterocycles. The first-order valence-electron chi connectivity index (χ1n) is 8.08. The van der Waals surface area contributed by atoms with E-state index in [4.69, 9.17) is 4.74 Å². The Bertz CT molecular complexity index is 1000. The van der Waals surface area contributed by atoms with Crippen LogP contribution in [-0.2, 0) is 4.74 Å². The van der Waals surface area contributed by atoms with Gasteiger partial charge in [-0.25, -0.2) is 4.79 Å². The van der Waals surface area contributed by atoms with Crippen molar-refractivity contribution < 1.29 is 14.3 Å². The van der Waals surface area contributed by atoms with Crippen molar-refractivity contribution >= 4 is 29.0 Å². The number of ether oxygens (including phenoxy) is 1. The van der Waals surface area contributed by atoms with Gasteiger partial charge in [-0.2, -0.15) is 5.26 Å². The highest BCUT2D eigenvalue weighted by atomic mass is 32.2. The van der Waals surface area contributed by atoms with Crippen LogP contribution < -0.4 is 0 Å². The minimum atomic E-state index is -0.509. The fourth-order valence-corrected chi connectivity index (χ4v) is 3.73. The molecule has 0 aliphatic carbocycles. The smallest absolute Gasteiger partial charge is 0.356 e. The Labute approximate surface area is 155 Å². The third kappa shape index (κ3) is 3.35. The fraction of sp³-hybridized carbons (Fsp3) is 0.150. The molecule has 2 heterocycles. The third-order valence-electron chi connectivity index (χ3n) is 3.82. The molecule has 0 saturated heterocycles. The molecule has 26 heavy (non-hydrogen) atoms. The third-order valence-corrected chi connectivity index (χ3v) is 4.92. The number of benzene rings is 1. The molecule has 0 bridgehead atoms. The largest absolute Gasteiger partial charge is 0.461 e. The lowest BCUT2D eigenvalue weighted by Crippen LogP contribution is -2.10. The first-order valence-corrected chi connectivity index (χ1v) is 9.07. The first-order chi connectivity index (χ1) is 12.7. The molecule has 0 N–H and O–H groups in total. The van der Waals surface area contributed by atoms with Crippen LogP contribution in [0.1, 0.15) is 33.3 Å². The summed E-state index contributed by atoms with van der Waals surface area (Å²) in [6.45, 7) is 1.96. The number of ketones is 1. The number of Topliss-reactive ketones (excluding diaryl/α,β-unsaturated/α-hetero) is 1. The predicted octanol–water partition coefficient (Wildman–Crippen LogP) is 3.96. The number of carbonyl (C=O) groups is 2. The van der Waals surface area contributed by atoms with E-state index in [9.17, 15) is 14.9 Å². The quantitative estimate of drug-likeness (QED) is 0.376. The van der Waals surface area contributed by atoms with Crippen LogP contribution >= 0.6 is 11.8 Å². The second-order valence-corrected chi connectivity index (χ2v) is 6.40. The molecule has 0 atom stereocenters. The summed E-state index contributed by atoms with van der Waals surface area (Å²) < 4.78 is 6.80. The van der Waals surface area contributed by atoms with E-state index in [0.29, 0.717) is 21.5 Å². The molecule has 130 valence electrons. The summed E-state index contributed by atoms with van der Waals surface area (Å²) in [5.41, 5.74) is 1.87. The van der Waals surface area contributed by atoms with Gasteiger partial charge in [-0.1, -0.05) is 36.4 Å². The van der Waals surface area contributed by atoms with E-state index >= 15 is 0 Å². The highest BCUT2D eigenvalue weighted by Crippen LogP contribution is 2.33. The van der Waals surface area contributed by atoms with Crippen LogP contribution in [0.3, 0.4) is 0 Å². The molecule has 6 heteroatoms. The molecular formula is C20H16N2O3S. The molecule has 0 saturated carbocycles. The van der Waals surface area contributed by atoms with Gasteiger partial charge in [-0.15, -0.1) is 11.8 Å². The highest BCUT2D eigenvalue weighted by molar-refractivity contribution is 8.00. The van der Waals surface area contributed by atoms with E-state index in [0.717, 1.165) is 0 Å². The zero-order chi connectivity index (χ0) is 18.5. The number of aromatic nitrogens is 1. The van der Waals surface area contributed by atoms with Crippen molar-refractivity contribution in [2.45, 2.75) is 11.8 Å².